The molecule has 2 aromatic rings. The number of aromatic nitrogens is 2. The molecule has 2 fully saturated rings. The predicted octanol–water partition coefficient (Wildman–Crippen LogP) is 1.19. The molecular weight excluding hydrogens is 308 g/mol. The van der Waals surface area contributed by atoms with E-state index < -0.39 is 18.1 Å². The molecule has 24 heavy (non-hydrogen) atoms. The first kappa shape index (κ1) is 15.1. The second kappa shape index (κ2) is 5.90. The van der Waals surface area contributed by atoms with Gasteiger partial charge in [-0.25, -0.2) is 4.98 Å². The number of benzene rings is 1. The molecule has 126 valence electrons. The maximum Gasteiger partial charge on any atom is 0.320 e. The van der Waals surface area contributed by atoms with E-state index in [2.05, 4.69) is 26.3 Å². The first-order valence-electron chi connectivity index (χ1n) is 8.36. The van der Waals surface area contributed by atoms with Gasteiger partial charge in [0.05, 0.1) is 23.6 Å². The van der Waals surface area contributed by atoms with Crippen molar-refractivity contribution < 1.29 is 14.7 Å². The van der Waals surface area contributed by atoms with Gasteiger partial charge in [-0.1, -0.05) is 12.1 Å². The van der Waals surface area contributed by atoms with Crippen LogP contribution in [-0.2, 0) is 16.1 Å². The number of hydrogen-bond donors (Lipinski definition) is 3. The lowest BCUT2D eigenvalue weighted by Crippen LogP contribution is -2.44. The number of para-hydroxylation sites is 2. The van der Waals surface area contributed by atoms with Gasteiger partial charge in [-0.3, -0.25) is 14.9 Å². The maximum absolute atomic E-state index is 12.3. The number of fused-ring (bicyclic) bond motifs is 1. The Bertz CT molecular complexity index is 796. The molecule has 2 heterocycles. The number of carbonyl (C=O) groups is 2. The van der Waals surface area contributed by atoms with Crippen molar-refractivity contribution in [2.24, 2.45) is 0 Å². The van der Waals surface area contributed by atoms with E-state index in [0.29, 0.717) is 25.4 Å². The van der Waals surface area contributed by atoms with Gasteiger partial charge < -0.3 is 15.0 Å². The molecule has 0 spiro atoms. The standard InChI is InChI=1S/C17H20N4O3/c22-16(12-7-8-13(19-12)17(23)24)18-9-15-20-11-3-1-2-4-14(11)21(15)10-5-6-10/h1-4,10,12-13,19H,5-9H2,(H,18,22)(H,23,24)/t12-,13+/m1/s1. The number of rotatable bonds is 5. The number of carboxylic acids is 1. The second-order valence-corrected chi connectivity index (χ2v) is 6.52. The fourth-order valence-electron chi connectivity index (χ4n) is 3.39. The summed E-state index contributed by atoms with van der Waals surface area (Å²) in [6.45, 7) is 0.361. The summed E-state index contributed by atoms with van der Waals surface area (Å²) >= 11 is 0. The monoisotopic (exact) mass is 328 g/mol. The lowest BCUT2D eigenvalue weighted by atomic mass is 10.2. The van der Waals surface area contributed by atoms with Crippen molar-refractivity contribution in [1.29, 1.82) is 0 Å². The highest BCUT2D eigenvalue weighted by Crippen LogP contribution is 2.38. The number of amides is 1. The van der Waals surface area contributed by atoms with E-state index >= 15 is 0 Å². The highest BCUT2D eigenvalue weighted by molar-refractivity contribution is 5.84. The van der Waals surface area contributed by atoms with Crippen LogP contribution in [0.25, 0.3) is 11.0 Å². The minimum absolute atomic E-state index is 0.159. The quantitative estimate of drug-likeness (QED) is 0.766. The van der Waals surface area contributed by atoms with Gasteiger partial charge in [-0.05, 0) is 37.8 Å². The van der Waals surface area contributed by atoms with Crippen molar-refractivity contribution in [1.82, 2.24) is 20.2 Å². The predicted molar refractivity (Wildman–Crippen MR) is 87.4 cm³/mol. The maximum atomic E-state index is 12.3. The number of carboxylic acid groups (broad SMARTS) is 1. The van der Waals surface area contributed by atoms with Crippen LogP contribution in [-0.4, -0.2) is 38.6 Å². The van der Waals surface area contributed by atoms with Crippen LogP contribution in [0.3, 0.4) is 0 Å². The first-order valence-corrected chi connectivity index (χ1v) is 8.36. The second-order valence-electron chi connectivity index (χ2n) is 6.52. The Kier molecular flexibility index (Phi) is 3.72. The van der Waals surface area contributed by atoms with Crippen molar-refractivity contribution in [3.63, 3.8) is 0 Å². The molecule has 4 rings (SSSR count). The molecule has 1 aromatic heterocycles. The smallest absolute Gasteiger partial charge is 0.320 e. The van der Waals surface area contributed by atoms with Crippen LogP contribution in [0.15, 0.2) is 24.3 Å². The zero-order valence-electron chi connectivity index (χ0n) is 13.2. The van der Waals surface area contributed by atoms with E-state index in [1.165, 1.54) is 0 Å². The topological polar surface area (TPSA) is 96.2 Å². The number of nitrogens with zero attached hydrogens (tertiary/aromatic N) is 2. The van der Waals surface area contributed by atoms with Crippen molar-refractivity contribution in [3.8, 4) is 0 Å². The van der Waals surface area contributed by atoms with Gasteiger partial charge in [-0.15, -0.1) is 0 Å². The molecule has 1 aromatic carbocycles. The summed E-state index contributed by atoms with van der Waals surface area (Å²) in [6.07, 6.45) is 3.31. The van der Waals surface area contributed by atoms with E-state index in [0.717, 1.165) is 29.7 Å². The Labute approximate surface area is 139 Å². The van der Waals surface area contributed by atoms with Gasteiger partial charge in [0.2, 0.25) is 5.91 Å². The molecule has 1 aliphatic heterocycles. The largest absolute Gasteiger partial charge is 0.480 e. The third-order valence-electron chi connectivity index (χ3n) is 4.76. The van der Waals surface area contributed by atoms with E-state index in [1.54, 1.807) is 0 Å². The highest BCUT2D eigenvalue weighted by Gasteiger charge is 2.33. The van der Waals surface area contributed by atoms with Crippen LogP contribution in [0.2, 0.25) is 0 Å². The van der Waals surface area contributed by atoms with Gasteiger partial charge in [0, 0.05) is 6.04 Å². The summed E-state index contributed by atoms with van der Waals surface area (Å²) in [5.74, 6) is -0.200. The van der Waals surface area contributed by atoms with Crippen LogP contribution >= 0.6 is 0 Å². The lowest BCUT2D eigenvalue weighted by Gasteiger charge is -2.13. The Morgan fingerprint density at radius 2 is 1.96 bits per heavy atom. The van der Waals surface area contributed by atoms with Gasteiger partial charge in [0.15, 0.2) is 0 Å². The molecule has 2 aliphatic rings. The molecule has 3 N–H and O–H groups in total. The minimum Gasteiger partial charge on any atom is -0.480 e. The zero-order valence-corrected chi connectivity index (χ0v) is 13.2. The van der Waals surface area contributed by atoms with E-state index in [4.69, 9.17) is 5.11 Å². The van der Waals surface area contributed by atoms with Crippen LogP contribution in [0, 0.1) is 0 Å². The van der Waals surface area contributed by atoms with Gasteiger partial charge in [-0.2, -0.15) is 0 Å². The number of nitrogens with one attached hydrogen (secondary N) is 2. The van der Waals surface area contributed by atoms with Gasteiger partial charge >= 0.3 is 5.97 Å². The molecule has 0 bridgehead atoms. The van der Waals surface area contributed by atoms with Crippen molar-refractivity contribution in [3.05, 3.63) is 30.1 Å². The molecular formula is C17H20N4O3. The van der Waals surface area contributed by atoms with E-state index in [9.17, 15) is 9.59 Å². The van der Waals surface area contributed by atoms with Gasteiger partial charge in [0.25, 0.3) is 0 Å². The fourth-order valence-corrected chi connectivity index (χ4v) is 3.39. The van der Waals surface area contributed by atoms with Crippen LogP contribution in [0.1, 0.15) is 37.5 Å². The molecule has 2 atom stereocenters. The third-order valence-corrected chi connectivity index (χ3v) is 4.76. The third kappa shape index (κ3) is 2.75. The molecule has 0 unspecified atom stereocenters. The summed E-state index contributed by atoms with van der Waals surface area (Å²) in [7, 11) is 0. The molecule has 7 heteroatoms. The molecule has 7 nitrogen and oxygen atoms in total. The number of imidazole rings is 1. The molecule has 0 radical (unpaired) electrons. The molecule has 1 amide bonds. The molecule has 1 saturated heterocycles. The van der Waals surface area contributed by atoms with Crippen LogP contribution in [0.4, 0.5) is 0 Å². The first-order chi connectivity index (χ1) is 11.6. The van der Waals surface area contributed by atoms with Crippen LogP contribution in [0.5, 0.6) is 0 Å². The summed E-state index contributed by atoms with van der Waals surface area (Å²) in [5.41, 5.74) is 2.05. The van der Waals surface area contributed by atoms with Crippen molar-refractivity contribution in [2.45, 2.75) is 50.4 Å². The fraction of sp³-hybridized carbons (Fsp3) is 0.471. The lowest BCUT2D eigenvalue weighted by molar-refractivity contribution is -0.139. The van der Waals surface area contributed by atoms with E-state index in [1.807, 2.05) is 18.2 Å². The summed E-state index contributed by atoms with van der Waals surface area (Å²) < 4.78 is 2.22. The number of hydrogen-bond acceptors (Lipinski definition) is 4. The van der Waals surface area contributed by atoms with Gasteiger partial charge in [0.1, 0.15) is 11.9 Å². The van der Waals surface area contributed by atoms with E-state index in [-0.39, 0.29) is 5.91 Å². The van der Waals surface area contributed by atoms with Crippen molar-refractivity contribution in [2.75, 3.05) is 0 Å². The normalized spacial score (nSPS) is 23.5. The minimum atomic E-state index is -0.902. The molecule has 1 aliphatic carbocycles. The Balaban J connectivity index is 1.46. The summed E-state index contributed by atoms with van der Waals surface area (Å²) in [5, 5.41) is 14.8. The zero-order chi connectivity index (χ0) is 16.7. The average molecular weight is 328 g/mol. The number of aliphatic carboxylic acids is 1. The average Bonchev–Trinajstić information content (AvgIpc) is 3.15. The summed E-state index contributed by atoms with van der Waals surface area (Å²) in [6, 6.07) is 7.41. The Morgan fingerprint density at radius 1 is 1.21 bits per heavy atom. The molecule has 1 saturated carbocycles. The summed E-state index contributed by atoms with van der Waals surface area (Å²) in [4.78, 5) is 27.9. The number of carbonyl (C=O) groups excluding carboxylic acids is 1. The highest BCUT2D eigenvalue weighted by atomic mass is 16.4. The Morgan fingerprint density at radius 3 is 2.67 bits per heavy atom. The van der Waals surface area contributed by atoms with Crippen LogP contribution < -0.4 is 10.6 Å². The Hall–Kier alpha value is -2.41. The van der Waals surface area contributed by atoms with Crippen molar-refractivity contribution >= 4 is 22.9 Å². The SMILES string of the molecule is O=C(O)[C@@H]1CC[C@H](C(=O)NCc2nc3ccccc3n2C2CC2)N1.